The fourth-order valence-corrected chi connectivity index (χ4v) is 2.35. The second kappa shape index (κ2) is 8.23. The van der Waals surface area contributed by atoms with Gasteiger partial charge in [-0.15, -0.1) is 0 Å². The van der Waals surface area contributed by atoms with Gasteiger partial charge >= 0.3 is 0 Å². The van der Waals surface area contributed by atoms with Gasteiger partial charge in [0.2, 0.25) is 0 Å². The summed E-state index contributed by atoms with van der Waals surface area (Å²) in [6.45, 7) is 5.07. The highest BCUT2D eigenvalue weighted by Crippen LogP contribution is 2.29. The van der Waals surface area contributed by atoms with Gasteiger partial charge in [-0.05, 0) is 31.1 Å². The topological polar surface area (TPSA) is 52.3 Å². The normalized spacial score (nSPS) is 21.2. The molecule has 4 nitrogen and oxygen atoms in total. The number of allylic oxidation sites excluding steroid dienone is 2. The number of pyridine rings is 1. The second-order valence-corrected chi connectivity index (χ2v) is 5.11. The van der Waals surface area contributed by atoms with Crippen molar-refractivity contribution in [1.29, 1.82) is 5.26 Å². The summed E-state index contributed by atoms with van der Waals surface area (Å²) in [5.41, 5.74) is 1.29. The van der Waals surface area contributed by atoms with E-state index in [0.29, 0.717) is 30.3 Å². The van der Waals surface area contributed by atoms with Gasteiger partial charge in [0.25, 0.3) is 0 Å². The maximum Gasteiger partial charge on any atom is 0.142 e. The Hall–Kier alpha value is -2.48. The molecule has 0 aromatic carbocycles. The molecule has 0 N–H and O–H groups in total. The molecule has 0 radical (unpaired) electrons. The molecule has 23 heavy (non-hydrogen) atoms. The Morgan fingerprint density at radius 1 is 1.30 bits per heavy atom. The van der Waals surface area contributed by atoms with Gasteiger partial charge in [0.1, 0.15) is 11.7 Å². The maximum absolute atomic E-state index is 13.4. The molecule has 3 rings (SSSR count). The zero-order valence-corrected chi connectivity index (χ0v) is 13.5. The van der Waals surface area contributed by atoms with E-state index in [1.54, 1.807) is 12.3 Å². The van der Waals surface area contributed by atoms with Gasteiger partial charge < -0.3 is 4.90 Å². The number of aromatic nitrogens is 1. The van der Waals surface area contributed by atoms with E-state index in [4.69, 9.17) is 5.26 Å². The first kappa shape index (κ1) is 16.9. The van der Waals surface area contributed by atoms with E-state index in [1.807, 2.05) is 26.0 Å². The summed E-state index contributed by atoms with van der Waals surface area (Å²) >= 11 is 0. The molecule has 0 saturated heterocycles. The van der Waals surface area contributed by atoms with Crippen LogP contribution in [0.1, 0.15) is 32.3 Å². The molecule has 1 aromatic rings. The molecule has 5 heteroatoms. The minimum absolute atomic E-state index is 0.366. The van der Waals surface area contributed by atoms with Crippen molar-refractivity contribution in [1.82, 2.24) is 9.88 Å². The van der Waals surface area contributed by atoms with Crippen LogP contribution in [0.4, 0.5) is 4.39 Å². The van der Waals surface area contributed by atoms with Gasteiger partial charge in [0.05, 0.1) is 18.8 Å². The fourth-order valence-electron chi connectivity index (χ4n) is 2.35. The Morgan fingerprint density at radius 3 is 2.74 bits per heavy atom. The number of hydrogen-bond acceptors (Lipinski definition) is 4. The van der Waals surface area contributed by atoms with Crippen LogP contribution < -0.4 is 0 Å². The monoisotopic (exact) mass is 312 g/mol. The summed E-state index contributed by atoms with van der Waals surface area (Å²) in [6, 6.07) is 4.04. The van der Waals surface area contributed by atoms with E-state index in [0.717, 1.165) is 18.7 Å². The average molecular weight is 312 g/mol. The van der Waals surface area contributed by atoms with Crippen molar-refractivity contribution >= 4 is 5.84 Å². The highest BCUT2D eigenvalue weighted by Gasteiger charge is 2.31. The van der Waals surface area contributed by atoms with E-state index in [2.05, 4.69) is 20.9 Å². The van der Waals surface area contributed by atoms with Crippen LogP contribution in [0, 0.1) is 17.1 Å². The minimum atomic E-state index is -0.366. The molecule has 0 atom stereocenters. The van der Waals surface area contributed by atoms with Crippen LogP contribution in [0.3, 0.4) is 0 Å². The Labute approximate surface area is 136 Å². The van der Waals surface area contributed by atoms with Crippen molar-refractivity contribution in [2.45, 2.75) is 32.7 Å². The Balaban J connectivity index is 0.000000924. The molecular weight excluding hydrogens is 291 g/mol. The van der Waals surface area contributed by atoms with Crippen molar-refractivity contribution in [2.24, 2.45) is 4.99 Å². The van der Waals surface area contributed by atoms with Crippen molar-refractivity contribution < 1.29 is 4.39 Å². The number of halogens is 1. The van der Waals surface area contributed by atoms with Gasteiger partial charge in [0.15, 0.2) is 0 Å². The summed E-state index contributed by atoms with van der Waals surface area (Å²) in [5.74, 6) is 0.388. The third-order valence-electron chi connectivity index (χ3n) is 3.50. The number of nitrogens with zero attached hydrogens (tertiary/aromatic N) is 4. The predicted molar refractivity (Wildman–Crippen MR) is 89.5 cm³/mol. The lowest BCUT2D eigenvalue weighted by Gasteiger charge is -2.24. The lowest BCUT2D eigenvalue weighted by Crippen LogP contribution is -2.34. The predicted octanol–water partition coefficient (Wildman–Crippen LogP) is 3.48. The van der Waals surface area contributed by atoms with Crippen LogP contribution in [-0.2, 0) is 0 Å². The summed E-state index contributed by atoms with van der Waals surface area (Å²) in [6.07, 6.45) is 10.6. The SMILES string of the molecule is CC.N#CC1=C/CN=C(c2cncc(F)c2)N(C2CC2)C/C=C\1. The summed E-state index contributed by atoms with van der Waals surface area (Å²) in [4.78, 5) is 10.6. The van der Waals surface area contributed by atoms with E-state index in [-0.39, 0.29) is 5.82 Å². The third kappa shape index (κ3) is 4.49. The molecule has 0 unspecified atom stereocenters. The standard InChI is InChI=1S/C16H15FN4.C2H6/c17-14-8-13(10-19-11-14)16-20-6-5-12(9-18)2-1-7-21(16)15-3-4-15;1-2/h1-2,5,8,10-11,15H,3-4,6-7H2;1-2H3/b2-1-,12-5+,20-16?;. The van der Waals surface area contributed by atoms with Crippen molar-refractivity contribution in [2.75, 3.05) is 13.1 Å². The van der Waals surface area contributed by atoms with Gasteiger partial charge in [-0.25, -0.2) is 4.39 Å². The molecule has 2 aliphatic rings. The zero-order chi connectivity index (χ0) is 16.7. The van der Waals surface area contributed by atoms with Crippen LogP contribution >= 0.6 is 0 Å². The third-order valence-corrected chi connectivity index (χ3v) is 3.50. The fraction of sp³-hybridized carbons (Fsp3) is 0.389. The van der Waals surface area contributed by atoms with Crippen LogP contribution in [0.2, 0.25) is 0 Å². The number of hydrogen-bond donors (Lipinski definition) is 0. The minimum Gasteiger partial charge on any atom is -0.350 e. The highest BCUT2D eigenvalue weighted by molar-refractivity contribution is 5.99. The van der Waals surface area contributed by atoms with Crippen LogP contribution in [0.5, 0.6) is 0 Å². The molecule has 1 aromatic heterocycles. The summed E-state index contributed by atoms with van der Waals surface area (Å²) in [7, 11) is 0. The zero-order valence-electron chi connectivity index (χ0n) is 13.5. The van der Waals surface area contributed by atoms with E-state index in [9.17, 15) is 4.39 Å². The first-order valence-electron chi connectivity index (χ1n) is 7.97. The van der Waals surface area contributed by atoms with Crippen LogP contribution in [0.25, 0.3) is 0 Å². The highest BCUT2D eigenvalue weighted by atomic mass is 19.1. The van der Waals surface area contributed by atoms with Gasteiger partial charge in [-0.2, -0.15) is 5.26 Å². The number of aliphatic imine (C=N–C) groups is 1. The average Bonchev–Trinajstić information content (AvgIpc) is 3.40. The van der Waals surface area contributed by atoms with Crippen molar-refractivity contribution in [3.05, 3.63) is 53.6 Å². The molecule has 120 valence electrons. The molecule has 1 aliphatic carbocycles. The van der Waals surface area contributed by atoms with Crippen LogP contribution in [-0.4, -0.2) is 34.9 Å². The molecule has 1 saturated carbocycles. The lowest BCUT2D eigenvalue weighted by molar-refractivity contribution is 0.451. The smallest absolute Gasteiger partial charge is 0.142 e. The Kier molecular flexibility index (Phi) is 6.04. The molecule has 1 aliphatic heterocycles. The molecule has 0 amide bonds. The van der Waals surface area contributed by atoms with Gasteiger partial charge in [0, 0.05) is 29.9 Å². The number of nitriles is 1. The second-order valence-electron chi connectivity index (χ2n) is 5.11. The van der Waals surface area contributed by atoms with E-state index in [1.165, 1.54) is 12.3 Å². The Morgan fingerprint density at radius 2 is 2.09 bits per heavy atom. The number of rotatable bonds is 2. The molecule has 2 heterocycles. The van der Waals surface area contributed by atoms with Crippen molar-refractivity contribution in [3.8, 4) is 6.07 Å². The summed E-state index contributed by atoms with van der Waals surface area (Å²) < 4.78 is 13.4. The van der Waals surface area contributed by atoms with Crippen LogP contribution in [0.15, 0.2) is 47.3 Å². The molecule has 0 bridgehead atoms. The molecule has 0 spiro atoms. The lowest BCUT2D eigenvalue weighted by atomic mass is 10.2. The van der Waals surface area contributed by atoms with Crippen molar-refractivity contribution in [3.63, 3.8) is 0 Å². The number of amidine groups is 1. The molecule has 1 fully saturated rings. The molecular formula is C18H21FN4. The maximum atomic E-state index is 13.4. The van der Waals surface area contributed by atoms with E-state index >= 15 is 0 Å². The Bertz CT molecular complexity index is 666. The largest absolute Gasteiger partial charge is 0.350 e. The van der Waals surface area contributed by atoms with E-state index < -0.39 is 0 Å². The van der Waals surface area contributed by atoms with Gasteiger partial charge in [-0.1, -0.05) is 19.9 Å². The summed E-state index contributed by atoms with van der Waals surface area (Å²) in [5, 5.41) is 9.02. The first-order valence-corrected chi connectivity index (χ1v) is 7.97. The van der Waals surface area contributed by atoms with Gasteiger partial charge in [-0.3, -0.25) is 9.98 Å². The first-order chi connectivity index (χ1) is 11.3. The quantitative estimate of drug-likeness (QED) is 0.840.